The highest BCUT2D eigenvalue weighted by Gasteiger charge is 2.43. The summed E-state index contributed by atoms with van der Waals surface area (Å²) in [6.45, 7) is -0.0938. The summed E-state index contributed by atoms with van der Waals surface area (Å²) in [5.74, 6) is -1.01. The molecule has 1 aliphatic carbocycles. The highest BCUT2D eigenvalue weighted by Crippen LogP contribution is 2.43. The number of pyridine rings is 1. The first-order valence-electron chi connectivity index (χ1n) is 10.6. The minimum absolute atomic E-state index is 0.0938. The molecule has 0 radical (unpaired) electrons. The van der Waals surface area contributed by atoms with Crippen LogP contribution in [0.5, 0.6) is 5.75 Å². The number of ketones is 1. The van der Waals surface area contributed by atoms with Crippen LogP contribution in [-0.4, -0.2) is 21.8 Å². The lowest BCUT2D eigenvalue weighted by molar-refractivity contribution is -0.148. The molecule has 33 heavy (non-hydrogen) atoms. The van der Waals surface area contributed by atoms with E-state index >= 15 is 0 Å². The lowest BCUT2D eigenvalue weighted by atomic mass is 9.79. The van der Waals surface area contributed by atoms with E-state index in [2.05, 4.69) is 4.98 Å². The summed E-state index contributed by atoms with van der Waals surface area (Å²) in [4.78, 5) is 28.6. The van der Waals surface area contributed by atoms with Gasteiger partial charge in [0, 0.05) is 23.6 Å². The first-order chi connectivity index (χ1) is 15.7. The van der Waals surface area contributed by atoms with Crippen LogP contribution >= 0.6 is 0 Å². The minimum Gasteiger partial charge on any atom is -0.487 e. The van der Waals surface area contributed by atoms with Crippen LogP contribution in [-0.2, 0) is 17.6 Å². The summed E-state index contributed by atoms with van der Waals surface area (Å²) in [5, 5.41) is 11.3. The molecule has 0 unspecified atom stereocenters. The summed E-state index contributed by atoms with van der Waals surface area (Å²) in [6, 6.07) is 12.8. The van der Waals surface area contributed by atoms with E-state index in [1.54, 1.807) is 24.3 Å². The number of alkyl halides is 3. The van der Waals surface area contributed by atoms with Gasteiger partial charge in [0.15, 0.2) is 5.78 Å². The maximum atomic E-state index is 13.3. The number of benzene rings is 2. The zero-order valence-corrected chi connectivity index (χ0v) is 17.7. The average Bonchev–Trinajstić information content (AvgIpc) is 3.27. The smallest absolute Gasteiger partial charge is 0.433 e. The van der Waals surface area contributed by atoms with Crippen molar-refractivity contribution in [2.75, 3.05) is 0 Å². The second-order valence-electron chi connectivity index (χ2n) is 8.39. The number of hydrogen-bond donors (Lipinski definition) is 1. The van der Waals surface area contributed by atoms with Crippen molar-refractivity contribution in [3.05, 3.63) is 71.5 Å². The van der Waals surface area contributed by atoms with Gasteiger partial charge in [0.05, 0.1) is 11.0 Å². The molecule has 0 bridgehead atoms. The van der Waals surface area contributed by atoms with E-state index < -0.39 is 23.3 Å². The Hall–Kier alpha value is -3.42. The number of aromatic nitrogens is 1. The van der Waals surface area contributed by atoms with Crippen LogP contribution in [0.15, 0.2) is 54.7 Å². The van der Waals surface area contributed by atoms with E-state index in [9.17, 15) is 27.9 Å². The van der Waals surface area contributed by atoms with E-state index in [4.69, 9.17) is 4.74 Å². The molecule has 1 saturated carbocycles. The van der Waals surface area contributed by atoms with Gasteiger partial charge in [0.2, 0.25) is 0 Å². The largest absolute Gasteiger partial charge is 0.487 e. The first kappa shape index (κ1) is 22.8. The number of carbonyl (C=O) groups excluding carboxylic acids is 1. The molecule has 3 aromatic rings. The Bertz CT molecular complexity index is 1180. The monoisotopic (exact) mass is 457 g/mol. The Labute approximate surface area is 188 Å². The third kappa shape index (κ3) is 4.69. The van der Waals surface area contributed by atoms with Crippen molar-refractivity contribution in [2.45, 2.75) is 44.9 Å². The van der Waals surface area contributed by atoms with E-state index in [1.807, 2.05) is 12.1 Å². The Morgan fingerprint density at radius 2 is 1.76 bits per heavy atom. The van der Waals surface area contributed by atoms with Gasteiger partial charge in [-0.15, -0.1) is 0 Å². The van der Waals surface area contributed by atoms with E-state index in [-0.39, 0.29) is 30.1 Å². The number of halogens is 3. The molecule has 1 aromatic heterocycles. The molecule has 8 heteroatoms. The molecule has 4 rings (SSSR count). The topological polar surface area (TPSA) is 76.5 Å². The van der Waals surface area contributed by atoms with Gasteiger partial charge >= 0.3 is 12.1 Å². The fraction of sp³-hybridized carbons (Fsp3) is 0.320. The number of nitrogens with zero attached hydrogens (tertiary/aromatic N) is 1. The summed E-state index contributed by atoms with van der Waals surface area (Å²) >= 11 is 0. The number of carbonyl (C=O) groups is 2. The van der Waals surface area contributed by atoms with Gasteiger partial charge in [-0.05, 0) is 30.4 Å². The molecule has 1 heterocycles. The Morgan fingerprint density at radius 3 is 2.39 bits per heavy atom. The van der Waals surface area contributed by atoms with Crippen LogP contribution in [0.4, 0.5) is 13.2 Å². The minimum atomic E-state index is -4.53. The van der Waals surface area contributed by atoms with Crippen LogP contribution in [0.1, 0.15) is 53.7 Å². The van der Waals surface area contributed by atoms with Crippen molar-refractivity contribution in [2.24, 2.45) is 5.41 Å². The van der Waals surface area contributed by atoms with Crippen molar-refractivity contribution in [1.82, 2.24) is 4.98 Å². The maximum Gasteiger partial charge on any atom is 0.433 e. The number of hydrogen-bond acceptors (Lipinski definition) is 4. The number of carboxylic acid groups (broad SMARTS) is 1. The zero-order valence-electron chi connectivity index (χ0n) is 17.7. The molecule has 1 aliphatic rings. The summed E-state index contributed by atoms with van der Waals surface area (Å²) in [6.07, 6.45) is -1.13. The quantitative estimate of drug-likeness (QED) is 0.437. The second kappa shape index (κ2) is 8.84. The molecule has 0 atom stereocenters. The molecule has 172 valence electrons. The summed E-state index contributed by atoms with van der Waals surface area (Å²) in [7, 11) is 0. The third-order valence-electron chi connectivity index (χ3n) is 6.19. The van der Waals surface area contributed by atoms with Gasteiger partial charge in [-0.3, -0.25) is 14.6 Å². The molecule has 1 N–H and O–H groups in total. The van der Waals surface area contributed by atoms with E-state index in [0.29, 0.717) is 23.8 Å². The molecule has 5 nitrogen and oxygen atoms in total. The SMILES string of the molecule is O=C(CC1(C(=O)O)CCCC1)c1ccc2ccccc2c1OCc1ccc(C(F)(F)F)nc1. The van der Waals surface area contributed by atoms with Crippen LogP contribution < -0.4 is 4.74 Å². The van der Waals surface area contributed by atoms with Crippen LogP contribution in [0.25, 0.3) is 10.8 Å². The molecular formula is C25H22F3NO4. The zero-order chi connectivity index (χ0) is 23.6. The molecule has 0 amide bonds. The van der Waals surface area contributed by atoms with Crippen LogP contribution in [0.2, 0.25) is 0 Å². The number of aliphatic carboxylic acids is 1. The lowest BCUT2D eigenvalue weighted by Gasteiger charge is -2.23. The predicted octanol–water partition coefficient (Wildman–Crippen LogP) is 6.05. The fourth-order valence-corrected chi connectivity index (χ4v) is 4.37. The van der Waals surface area contributed by atoms with E-state index in [0.717, 1.165) is 30.5 Å². The van der Waals surface area contributed by atoms with Crippen molar-refractivity contribution in [3.63, 3.8) is 0 Å². The number of ether oxygens (including phenoxy) is 1. The molecule has 2 aromatic carbocycles. The average molecular weight is 457 g/mol. The first-order valence-corrected chi connectivity index (χ1v) is 10.6. The number of Topliss-reactive ketones (excluding diaryl/α,β-unsaturated/α-hetero) is 1. The van der Waals surface area contributed by atoms with Gasteiger partial charge in [-0.1, -0.05) is 49.2 Å². The normalized spacial score (nSPS) is 15.5. The van der Waals surface area contributed by atoms with Gasteiger partial charge in [0.1, 0.15) is 18.1 Å². The molecular weight excluding hydrogens is 435 g/mol. The van der Waals surface area contributed by atoms with Gasteiger partial charge in [0.25, 0.3) is 0 Å². The van der Waals surface area contributed by atoms with Crippen LogP contribution in [0, 0.1) is 5.41 Å². The second-order valence-corrected chi connectivity index (χ2v) is 8.39. The number of rotatable bonds is 7. The highest BCUT2D eigenvalue weighted by molar-refractivity contribution is 6.06. The predicted molar refractivity (Wildman–Crippen MR) is 115 cm³/mol. The highest BCUT2D eigenvalue weighted by atomic mass is 19.4. The molecule has 0 saturated heterocycles. The van der Waals surface area contributed by atoms with Gasteiger partial charge < -0.3 is 9.84 Å². The van der Waals surface area contributed by atoms with Crippen molar-refractivity contribution < 1.29 is 32.6 Å². The van der Waals surface area contributed by atoms with Gasteiger partial charge in [-0.25, -0.2) is 0 Å². The summed E-state index contributed by atoms with van der Waals surface area (Å²) < 4.78 is 44.3. The van der Waals surface area contributed by atoms with Crippen LogP contribution in [0.3, 0.4) is 0 Å². The number of fused-ring (bicyclic) bond motifs is 1. The standard InChI is InChI=1S/C25H22F3NO4/c26-25(27,28)21-10-7-16(14-29-21)15-33-22-18-6-2-1-5-17(18)8-9-19(22)20(30)13-24(23(31)32)11-3-4-12-24/h1-2,5-10,14H,3-4,11-13,15H2,(H,31,32). The number of carboxylic acids is 1. The molecule has 0 aliphatic heterocycles. The Morgan fingerprint density at radius 1 is 1.03 bits per heavy atom. The summed E-state index contributed by atoms with van der Waals surface area (Å²) in [5.41, 5.74) is -1.40. The fourth-order valence-electron chi connectivity index (χ4n) is 4.37. The molecule has 0 spiro atoms. The lowest BCUT2D eigenvalue weighted by Crippen LogP contribution is -2.30. The van der Waals surface area contributed by atoms with Gasteiger partial charge in [-0.2, -0.15) is 13.2 Å². The maximum absolute atomic E-state index is 13.3. The van der Waals surface area contributed by atoms with Crippen molar-refractivity contribution in [1.29, 1.82) is 0 Å². The third-order valence-corrected chi connectivity index (χ3v) is 6.19. The van der Waals surface area contributed by atoms with Crippen molar-refractivity contribution in [3.8, 4) is 5.75 Å². The van der Waals surface area contributed by atoms with E-state index in [1.165, 1.54) is 6.07 Å². The Kier molecular flexibility index (Phi) is 6.10. The molecule has 1 fully saturated rings. The van der Waals surface area contributed by atoms with Crippen molar-refractivity contribution >= 4 is 22.5 Å². The Balaban J connectivity index is 1.64.